The summed E-state index contributed by atoms with van der Waals surface area (Å²) in [5, 5.41) is 3.74. The van der Waals surface area contributed by atoms with Gasteiger partial charge in [0, 0.05) is 38.2 Å². The molecule has 1 atom stereocenters. The fraction of sp³-hybridized carbons (Fsp3) is 0.500. The molecule has 0 saturated carbocycles. The minimum Gasteiger partial charge on any atom is -0.370 e. The third-order valence-corrected chi connectivity index (χ3v) is 3.58. The summed E-state index contributed by atoms with van der Waals surface area (Å²) < 4.78 is 7.65. The minimum absolute atomic E-state index is 0.0183. The van der Waals surface area contributed by atoms with E-state index in [4.69, 9.17) is 16.3 Å². The van der Waals surface area contributed by atoms with Gasteiger partial charge in [0.15, 0.2) is 5.82 Å². The molecule has 3 heterocycles. The number of anilines is 1. The van der Waals surface area contributed by atoms with Gasteiger partial charge in [0.1, 0.15) is 17.1 Å². The first-order valence-electron chi connectivity index (χ1n) is 7.17. The van der Waals surface area contributed by atoms with E-state index >= 15 is 0 Å². The first-order chi connectivity index (χ1) is 10.3. The van der Waals surface area contributed by atoms with Crippen LogP contribution in [0.1, 0.15) is 31.2 Å². The second-order valence-electron chi connectivity index (χ2n) is 5.02. The summed E-state index contributed by atoms with van der Waals surface area (Å²) in [6, 6.07) is 1.75. The van der Waals surface area contributed by atoms with Crippen LogP contribution in [0.2, 0.25) is 5.15 Å². The maximum Gasteiger partial charge on any atom is 0.161 e. The van der Waals surface area contributed by atoms with E-state index in [9.17, 15) is 0 Å². The number of rotatable bonds is 6. The van der Waals surface area contributed by atoms with E-state index < -0.39 is 0 Å². The molecule has 1 N–H and O–H groups in total. The Hall–Kier alpha value is -1.66. The van der Waals surface area contributed by atoms with Crippen LogP contribution in [-0.2, 0) is 11.3 Å². The van der Waals surface area contributed by atoms with E-state index in [0.29, 0.717) is 11.0 Å². The molecular weight excluding hydrogens is 290 g/mol. The number of aromatic nitrogens is 4. The summed E-state index contributed by atoms with van der Waals surface area (Å²) in [6.45, 7) is 2.51. The zero-order valence-corrected chi connectivity index (χ0v) is 12.5. The maximum atomic E-state index is 6.06. The maximum absolute atomic E-state index is 6.06. The first-order valence-corrected chi connectivity index (χ1v) is 7.55. The Labute approximate surface area is 128 Å². The highest BCUT2D eigenvalue weighted by Crippen LogP contribution is 2.27. The molecule has 3 rings (SSSR count). The molecule has 1 aliphatic heterocycles. The molecule has 6 nitrogen and oxygen atoms in total. The minimum atomic E-state index is -0.0183. The number of nitrogens with one attached hydrogen (secondary N) is 1. The fourth-order valence-electron chi connectivity index (χ4n) is 2.35. The number of nitrogens with zero attached hydrogens (tertiary/aromatic N) is 4. The van der Waals surface area contributed by atoms with Gasteiger partial charge in [-0.1, -0.05) is 11.6 Å². The van der Waals surface area contributed by atoms with E-state index in [1.54, 1.807) is 12.3 Å². The van der Waals surface area contributed by atoms with Crippen molar-refractivity contribution in [3.63, 3.8) is 0 Å². The van der Waals surface area contributed by atoms with E-state index in [-0.39, 0.29) is 6.10 Å². The Bertz CT molecular complexity index is 569. The normalized spacial score (nSPS) is 18.0. The Balaban J connectivity index is 1.54. The second-order valence-corrected chi connectivity index (χ2v) is 5.40. The third-order valence-electron chi connectivity index (χ3n) is 3.39. The van der Waals surface area contributed by atoms with Crippen molar-refractivity contribution in [1.29, 1.82) is 0 Å². The number of hydrogen-bond acceptors (Lipinski definition) is 5. The number of ether oxygens (including phenoxy) is 1. The average molecular weight is 308 g/mol. The van der Waals surface area contributed by atoms with Gasteiger partial charge < -0.3 is 14.6 Å². The van der Waals surface area contributed by atoms with E-state index in [1.807, 2.05) is 17.1 Å². The summed E-state index contributed by atoms with van der Waals surface area (Å²) in [6.07, 6.45) is 8.52. The Morgan fingerprint density at radius 2 is 2.38 bits per heavy atom. The Morgan fingerprint density at radius 3 is 3.14 bits per heavy atom. The lowest BCUT2D eigenvalue weighted by Gasteiger charge is -2.11. The highest BCUT2D eigenvalue weighted by Gasteiger charge is 2.21. The van der Waals surface area contributed by atoms with Crippen molar-refractivity contribution in [3.8, 4) is 0 Å². The summed E-state index contributed by atoms with van der Waals surface area (Å²) >= 11 is 6.06. The summed E-state index contributed by atoms with van der Waals surface area (Å²) in [5.74, 6) is 1.43. The molecule has 0 aliphatic carbocycles. The topological polar surface area (TPSA) is 64.9 Å². The zero-order chi connectivity index (χ0) is 14.5. The lowest BCUT2D eigenvalue weighted by Crippen LogP contribution is -2.10. The molecule has 2 aromatic heterocycles. The van der Waals surface area contributed by atoms with E-state index in [2.05, 4.69) is 20.3 Å². The van der Waals surface area contributed by atoms with Crippen LogP contribution < -0.4 is 5.32 Å². The van der Waals surface area contributed by atoms with Crippen LogP contribution in [-0.4, -0.2) is 32.7 Å². The molecule has 7 heteroatoms. The van der Waals surface area contributed by atoms with E-state index in [0.717, 1.165) is 44.8 Å². The molecule has 1 saturated heterocycles. The molecular formula is C14H18ClN5O. The highest BCUT2D eigenvalue weighted by atomic mass is 35.5. The molecule has 0 radical (unpaired) electrons. The van der Waals surface area contributed by atoms with Gasteiger partial charge in [0.25, 0.3) is 0 Å². The van der Waals surface area contributed by atoms with Gasteiger partial charge in [0.2, 0.25) is 0 Å². The van der Waals surface area contributed by atoms with Crippen molar-refractivity contribution >= 4 is 17.4 Å². The molecule has 21 heavy (non-hydrogen) atoms. The molecule has 112 valence electrons. The lowest BCUT2D eigenvalue weighted by atomic mass is 10.2. The second kappa shape index (κ2) is 6.87. The van der Waals surface area contributed by atoms with Gasteiger partial charge in [-0.25, -0.2) is 15.0 Å². The average Bonchev–Trinajstić information content (AvgIpc) is 3.16. The molecule has 2 aromatic rings. The Kier molecular flexibility index (Phi) is 4.67. The van der Waals surface area contributed by atoms with Gasteiger partial charge in [-0.15, -0.1) is 0 Å². The SMILES string of the molecule is Clc1cc(NCCCn2ccnc2)nc(C2CCCO2)n1. The van der Waals surface area contributed by atoms with Crippen LogP contribution in [0.5, 0.6) is 0 Å². The van der Waals surface area contributed by atoms with Crippen LogP contribution in [0.4, 0.5) is 5.82 Å². The standard InChI is InChI=1S/C14H18ClN5O/c15-12-9-13(17-4-2-6-20-7-5-16-10-20)19-14(18-12)11-3-1-8-21-11/h5,7,9-11H,1-4,6,8H2,(H,17,18,19). The zero-order valence-electron chi connectivity index (χ0n) is 11.7. The molecule has 0 amide bonds. The lowest BCUT2D eigenvalue weighted by molar-refractivity contribution is 0.105. The van der Waals surface area contributed by atoms with Crippen molar-refractivity contribution < 1.29 is 4.74 Å². The predicted octanol–water partition coefficient (Wildman–Crippen LogP) is 2.68. The van der Waals surface area contributed by atoms with Crippen molar-refractivity contribution in [2.24, 2.45) is 0 Å². The summed E-state index contributed by atoms with van der Waals surface area (Å²) in [7, 11) is 0. The molecule has 1 unspecified atom stereocenters. The number of imidazole rings is 1. The summed E-state index contributed by atoms with van der Waals surface area (Å²) in [5.41, 5.74) is 0. The van der Waals surface area contributed by atoms with Crippen molar-refractivity contribution in [3.05, 3.63) is 35.8 Å². The van der Waals surface area contributed by atoms with Crippen molar-refractivity contribution in [1.82, 2.24) is 19.5 Å². The monoisotopic (exact) mass is 307 g/mol. The van der Waals surface area contributed by atoms with Crippen LogP contribution in [0.15, 0.2) is 24.8 Å². The predicted molar refractivity (Wildman–Crippen MR) is 80.3 cm³/mol. The molecule has 0 spiro atoms. The number of hydrogen-bond donors (Lipinski definition) is 1. The molecule has 1 fully saturated rings. The van der Waals surface area contributed by atoms with Crippen LogP contribution in [0, 0.1) is 0 Å². The van der Waals surface area contributed by atoms with Crippen molar-refractivity contribution in [2.45, 2.75) is 31.9 Å². The van der Waals surface area contributed by atoms with Gasteiger partial charge in [0.05, 0.1) is 6.33 Å². The Morgan fingerprint density at radius 1 is 1.43 bits per heavy atom. The number of halogens is 1. The highest BCUT2D eigenvalue weighted by molar-refractivity contribution is 6.29. The molecule has 0 bridgehead atoms. The smallest absolute Gasteiger partial charge is 0.161 e. The van der Waals surface area contributed by atoms with Crippen LogP contribution in [0.3, 0.4) is 0 Å². The van der Waals surface area contributed by atoms with Crippen LogP contribution in [0.25, 0.3) is 0 Å². The largest absolute Gasteiger partial charge is 0.370 e. The summed E-state index contributed by atoms with van der Waals surface area (Å²) in [4.78, 5) is 12.8. The van der Waals surface area contributed by atoms with Gasteiger partial charge >= 0.3 is 0 Å². The third kappa shape index (κ3) is 3.92. The first kappa shape index (κ1) is 14.3. The number of aryl methyl sites for hydroxylation is 1. The fourth-order valence-corrected chi connectivity index (χ4v) is 2.54. The quantitative estimate of drug-likeness (QED) is 0.656. The van der Waals surface area contributed by atoms with Gasteiger partial charge in [-0.3, -0.25) is 0 Å². The molecule has 0 aromatic carbocycles. The molecule has 1 aliphatic rings. The van der Waals surface area contributed by atoms with Gasteiger partial charge in [-0.2, -0.15) is 0 Å². The van der Waals surface area contributed by atoms with E-state index in [1.165, 1.54) is 0 Å². The van der Waals surface area contributed by atoms with Crippen molar-refractivity contribution in [2.75, 3.05) is 18.5 Å². The van der Waals surface area contributed by atoms with Crippen LogP contribution >= 0.6 is 11.6 Å². The van der Waals surface area contributed by atoms with Gasteiger partial charge in [-0.05, 0) is 19.3 Å².